The third-order valence-electron chi connectivity index (χ3n) is 3.74. The van der Waals surface area contributed by atoms with Gasteiger partial charge in [-0.25, -0.2) is 8.42 Å². The maximum atomic E-state index is 11.5. The van der Waals surface area contributed by atoms with Gasteiger partial charge in [0.15, 0.2) is 9.84 Å². The van der Waals surface area contributed by atoms with Crippen LogP contribution in [0.3, 0.4) is 0 Å². The van der Waals surface area contributed by atoms with Crippen molar-refractivity contribution in [3.63, 3.8) is 0 Å². The molecular weight excluding hydrogens is 256 g/mol. The van der Waals surface area contributed by atoms with E-state index in [-0.39, 0.29) is 23.5 Å². The molecule has 6 nitrogen and oxygen atoms in total. The van der Waals surface area contributed by atoms with Gasteiger partial charge in [0.25, 0.3) is 0 Å². The van der Waals surface area contributed by atoms with Crippen molar-refractivity contribution in [2.24, 2.45) is 0 Å². The van der Waals surface area contributed by atoms with Crippen LogP contribution in [0.2, 0.25) is 0 Å². The summed E-state index contributed by atoms with van der Waals surface area (Å²) in [5, 5.41) is 9.84. The van der Waals surface area contributed by atoms with Gasteiger partial charge >= 0.3 is 0 Å². The van der Waals surface area contributed by atoms with Gasteiger partial charge in [0.2, 0.25) is 5.91 Å². The van der Waals surface area contributed by atoms with Crippen molar-refractivity contribution in [1.82, 2.24) is 9.80 Å². The Bertz CT molecular complexity index is 423. The van der Waals surface area contributed by atoms with E-state index in [0.29, 0.717) is 19.6 Å². The first-order chi connectivity index (χ1) is 8.39. The van der Waals surface area contributed by atoms with E-state index in [1.807, 2.05) is 4.90 Å². The highest BCUT2D eigenvalue weighted by Crippen LogP contribution is 2.20. The molecule has 0 spiro atoms. The van der Waals surface area contributed by atoms with Gasteiger partial charge in [-0.1, -0.05) is 0 Å². The molecule has 2 rings (SSSR count). The molecule has 2 saturated heterocycles. The van der Waals surface area contributed by atoms with Crippen molar-refractivity contribution in [1.29, 1.82) is 0 Å². The average molecular weight is 276 g/mol. The largest absolute Gasteiger partial charge is 0.390 e. The number of nitrogens with zero attached hydrogens (tertiary/aromatic N) is 2. The van der Waals surface area contributed by atoms with Crippen LogP contribution >= 0.6 is 0 Å². The molecule has 1 N–H and O–H groups in total. The number of amides is 1. The van der Waals surface area contributed by atoms with Crippen LogP contribution in [0.1, 0.15) is 13.3 Å². The molecule has 0 saturated carbocycles. The van der Waals surface area contributed by atoms with Crippen molar-refractivity contribution < 1.29 is 18.3 Å². The molecule has 2 fully saturated rings. The molecule has 2 aliphatic rings. The minimum absolute atomic E-state index is 0.0360. The van der Waals surface area contributed by atoms with E-state index in [0.717, 1.165) is 13.0 Å². The van der Waals surface area contributed by atoms with Gasteiger partial charge in [-0.2, -0.15) is 0 Å². The van der Waals surface area contributed by atoms with Crippen LogP contribution in [0, 0.1) is 0 Å². The lowest BCUT2D eigenvalue weighted by Gasteiger charge is -2.28. The van der Waals surface area contributed by atoms with Crippen LogP contribution in [0.15, 0.2) is 0 Å². The van der Waals surface area contributed by atoms with Gasteiger partial charge < -0.3 is 10.0 Å². The summed E-state index contributed by atoms with van der Waals surface area (Å²) < 4.78 is 23.0. The summed E-state index contributed by atoms with van der Waals surface area (Å²) in [6.07, 6.45) is 0.0296. The number of aliphatic hydroxyl groups excluding tert-OH is 1. The smallest absolute Gasteiger partial charge is 0.219 e. The first kappa shape index (κ1) is 13.8. The Labute approximate surface area is 107 Å². The fourth-order valence-corrected chi connectivity index (χ4v) is 4.58. The maximum absolute atomic E-state index is 11.5. The molecule has 2 atom stereocenters. The zero-order valence-corrected chi connectivity index (χ0v) is 11.4. The Morgan fingerprint density at radius 3 is 2.44 bits per heavy atom. The third-order valence-corrected chi connectivity index (χ3v) is 5.44. The molecule has 2 heterocycles. The second-order valence-corrected chi connectivity index (χ2v) is 7.26. The summed E-state index contributed by atoms with van der Waals surface area (Å²) in [5.74, 6) is -0.0461. The summed E-state index contributed by atoms with van der Waals surface area (Å²) in [6, 6.07) is -0.304. The lowest BCUT2D eigenvalue weighted by atomic mass is 10.2. The summed E-state index contributed by atoms with van der Waals surface area (Å²) in [7, 11) is -3.11. The summed E-state index contributed by atoms with van der Waals surface area (Å²) >= 11 is 0. The maximum Gasteiger partial charge on any atom is 0.219 e. The van der Waals surface area contributed by atoms with Crippen LogP contribution < -0.4 is 0 Å². The van der Waals surface area contributed by atoms with E-state index in [4.69, 9.17) is 0 Å². The molecule has 0 radical (unpaired) electrons. The molecule has 18 heavy (non-hydrogen) atoms. The van der Waals surface area contributed by atoms with E-state index in [2.05, 4.69) is 0 Å². The highest BCUT2D eigenvalue weighted by atomic mass is 32.2. The quantitative estimate of drug-likeness (QED) is 0.644. The average Bonchev–Trinajstić information content (AvgIpc) is 2.48. The fourth-order valence-electron chi connectivity index (χ4n) is 2.74. The van der Waals surface area contributed by atoms with Gasteiger partial charge in [-0.05, 0) is 6.42 Å². The van der Waals surface area contributed by atoms with Gasteiger partial charge in [0.05, 0.1) is 23.7 Å². The van der Waals surface area contributed by atoms with Crippen molar-refractivity contribution >= 4 is 15.7 Å². The predicted octanol–water partition coefficient (Wildman–Crippen LogP) is -1.30. The monoisotopic (exact) mass is 276 g/mol. The molecule has 0 bridgehead atoms. The van der Waals surface area contributed by atoms with E-state index < -0.39 is 15.9 Å². The molecule has 104 valence electrons. The third kappa shape index (κ3) is 3.02. The molecule has 2 unspecified atom stereocenters. The zero-order chi connectivity index (χ0) is 13.3. The molecule has 0 aromatic heterocycles. The van der Waals surface area contributed by atoms with Crippen LogP contribution in [0.4, 0.5) is 0 Å². The minimum atomic E-state index is -3.11. The number of aliphatic hydroxyl groups is 1. The molecule has 7 heteroatoms. The second kappa shape index (κ2) is 5.14. The topological polar surface area (TPSA) is 77.9 Å². The lowest BCUT2D eigenvalue weighted by molar-refractivity contribution is -0.128. The van der Waals surface area contributed by atoms with Crippen molar-refractivity contribution in [2.75, 3.05) is 37.7 Å². The Morgan fingerprint density at radius 1 is 1.17 bits per heavy atom. The predicted molar refractivity (Wildman–Crippen MR) is 66.9 cm³/mol. The fraction of sp³-hybridized carbons (Fsp3) is 0.909. The van der Waals surface area contributed by atoms with E-state index in [1.54, 1.807) is 11.8 Å². The van der Waals surface area contributed by atoms with Crippen LogP contribution in [-0.4, -0.2) is 79.1 Å². The Morgan fingerprint density at radius 2 is 1.89 bits per heavy atom. The second-order valence-electron chi connectivity index (χ2n) is 5.11. The number of carbonyl (C=O) groups excluding carboxylic acids is 1. The molecular formula is C11H20N2O4S. The van der Waals surface area contributed by atoms with Gasteiger partial charge in [0.1, 0.15) is 0 Å². The van der Waals surface area contributed by atoms with E-state index >= 15 is 0 Å². The Balaban J connectivity index is 2.00. The normalized spacial score (nSPS) is 33.3. The minimum Gasteiger partial charge on any atom is -0.390 e. The van der Waals surface area contributed by atoms with Gasteiger partial charge in [-0.3, -0.25) is 9.69 Å². The number of sulfone groups is 1. The SMILES string of the molecule is CC(=O)N1CCCN(C2CS(=O)(=O)CC2O)CC1. The summed E-state index contributed by atoms with van der Waals surface area (Å²) in [6.45, 7) is 4.24. The number of hydrogen-bond acceptors (Lipinski definition) is 5. The number of rotatable bonds is 1. The van der Waals surface area contributed by atoms with E-state index in [9.17, 15) is 18.3 Å². The first-order valence-corrected chi connectivity index (χ1v) is 8.09. The highest BCUT2D eigenvalue weighted by Gasteiger charge is 2.40. The molecule has 0 aromatic carbocycles. The molecule has 0 aliphatic carbocycles. The Hall–Kier alpha value is -0.660. The molecule has 1 amide bonds. The number of carbonyl (C=O) groups is 1. The van der Waals surface area contributed by atoms with Gasteiger partial charge in [0, 0.05) is 33.1 Å². The lowest BCUT2D eigenvalue weighted by Crippen LogP contribution is -2.45. The van der Waals surface area contributed by atoms with Crippen LogP contribution in [0.5, 0.6) is 0 Å². The Kier molecular flexibility index (Phi) is 3.93. The zero-order valence-electron chi connectivity index (χ0n) is 10.6. The molecule has 2 aliphatic heterocycles. The van der Waals surface area contributed by atoms with Crippen LogP contribution in [-0.2, 0) is 14.6 Å². The summed E-state index contributed by atoms with van der Waals surface area (Å²) in [5.41, 5.74) is 0. The van der Waals surface area contributed by atoms with Crippen molar-refractivity contribution in [3.05, 3.63) is 0 Å². The number of hydrogen-bond donors (Lipinski definition) is 1. The van der Waals surface area contributed by atoms with E-state index in [1.165, 1.54) is 0 Å². The standard InChI is InChI=1S/C11H20N2O4S/c1-9(14)12-3-2-4-13(6-5-12)10-7-18(16,17)8-11(10)15/h10-11,15H,2-8H2,1H3. The highest BCUT2D eigenvalue weighted by molar-refractivity contribution is 7.91. The molecule has 0 aromatic rings. The van der Waals surface area contributed by atoms with Crippen molar-refractivity contribution in [3.8, 4) is 0 Å². The first-order valence-electron chi connectivity index (χ1n) is 6.27. The van der Waals surface area contributed by atoms with Gasteiger partial charge in [-0.15, -0.1) is 0 Å². The van der Waals surface area contributed by atoms with Crippen molar-refractivity contribution in [2.45, 2.75) is 25.5 Å². The van der Waals surface area contributed by atoms with Crippen LogP contribution in [0.25, 0.3) is 0 Å². The summed E-state index contributed by atoms with van der Waals surface area (Å²) in [4.78, 5) is 15.1.